The maximum Gasteiger partial charge on any atom is 0.139 e. The topological polar surface area (TPSA) is 51.2 Å². The first kappa shape index (κ1) is 11.0. The number of aromatic hydroxyl groups is 1. The normalized spacial score (nSPS) is 13.6. The van der Waals surface area contributed by atoms with Gasteiger partial charge in [0.1, 0.15) is 5.75 Å². The lowest BCUT2D eigenvalue weighted by molar-refractivity contribution is 0.475. The van der Waals surface area contributed by atoms with Gasteiger partial charge in [0.2, 0.25) is 0 Å². The van der Waals surface area contributed by atoms with Crippen LogP contribution in [0.25, 0.3) is 10.9 Å². The molecule has 1 atom stereocenters. The van der Waals surface area contributed by atoms with E-state index in [0.717, 1.165) is 16.5 Å². The van der Waals surface area contributed by atoms with Crippen LogP contribution in [-0.2, 0) is 0 Å². The van der Waals surface area contributed by atoms with Gasteiger partial charge in [0.05, 0.1) is 5.52 Å². The van der Waals surface area contributed by atoms with E-state index in [2.05, 4.69) is 18.4 Å². The number of nitrogens with two attached hydrogens (primary N) is 1. The molecular formula is C13H18N2O. The maximum absolute atomic E-state index is 9.93. The molecule has 0 bridgehead atoms. The Labute approximate surface area is 95.5 Å². The first-order valence-electron chi connectivity index (χ1n) is 5.60. The number of fused-ring (bicyclic) bond motifs is 1. The number of phenolic OH excluding ortho intramolecular Hbond substituents is 1. The molecule has 1 aromatic heterocycles. The van der Waals surface area contributed by atoms with Crippen LogP contribution in [0.1, 0.15) is 38.4 Å². The van der Waals surface area contributed by atoms with Crippen LogP contribution >= 0.6 is 0 Å². The summed E-state index contributed by atoms with van der Waals surface area (Å²) < 4.78 is 2.07. The predicted molar refractivity (Wildman–Crippen MR) is 66.6 cm³/mol. The summed E-state index contributed by atoms with van der Waals surface area (Å²) in [5.74, 6) is 0.318. The summed E-state index contributed by atoms with van der Waals surface area (Å²) in [6.45, 7) is 6.15. The molecular weight excluding hydrogens is 200 g/mol. The molecule has 3 nitrogen and oxygen atoms in total. The van der Waals surface area contributed by atoms with Gasteiger partial charge in [0.15, 0.2) is 0 Å². The summed E-state index contributed by atoms with van der Waals surface area (Å²) in [6.07, 6.45) is 2.04. The largest absolute Gasteiger partial charge is 0.506 e. The summed E-state index contributed by atoms with van der Waals surface area (Å²) in [7, 11) is 0. The summed E-state index contributed by atoms with van der Waals surface area (Å²) in [6, 6.07) is 5.86. The quantitative estimate of drug-likeness (QED) is 0.814. The second-order valence-corrected chi connectivity index (χ2v) is 4.55. The number of hydrogen-bond acceptors (Lipinski definition) is 2. The lowest BCUT2D eigenvalue weighted by Gasteiger charge is -2.09. The fourth-order valence-corrected chi connectivity index (χ4v) is 2.09. The van der Waals surface area contributed by atoms with Gasteiger partial charge in [-0.2, -0.15) is 0 Å². The van der Waals surface area contributed by atoms with Crippen LogP contribution in [0.15, 0.2) is 24.4 Å². The van der Waals surface area contributed by atoms with Crippen LogP contribution in [0.5, 0.6) is 5.75 Å². The van der Waals surface area contributed by atoms with E-state index in [0.29, 0.717) is 11.8 Å². The average molecular weight is 218 g/mol. The van der Waals surface area contributed by atoms with E-state index in [9.17, 15) is 5.11 Å². The zero-order valence-electron chi connectivity index (χ0n) is 9.94. The molecule has 0 saturated carbocycles. The van der Waals surface area contributed by atoms with Crippen molar-refractivity contribution in [3.05, 3.63) is 30.0 Å². The van der Waals surface area contributed by atoms with Crippen LogP contribution in [0, 0.1) is 0 Å². The summed E-state index contributed by atoms with van der Waals surface area (Å²) >= 11 is 0. The van der Waals surface area contributed by atoms with Crippen LogP contribution < -0.4 is 5.73 Å². The average Bonchev–Trinajstić information content (AvgIpc) is 2.58. The number of para-hydroxylation sites is 1. The van der Waals surface area contributed by atoms with Crippen molar-refractivity contribution in [2.45, 2.75) is 32.9 Å². The fraction of sp³-hybridized carbons (Fsp3) is 0.385. The molecule has 1 unspecified atom stereocenters. The van der Waals surface area contributed by atoms with Crippen LogP contribution in [0.3, 0.4) is 0 Å². The molecule has 16 heavy (non-hydrogen) atoms. The third kappa shape index (κ3) is 1.57. The zero-order valence-corrected chi connectivity index (χ0v) is 9.94. The van der Waals surface area contributed by atoms with E-state index in [1.165, 1.54) is 0 Å². The van der Waals surface area contributed by atoms with Gasteiger partial charge < -0.3 is 15.4 Å². The number of nitrogens with zero attached hydrogens (tertiary/aromatic N) is 1. The van der Waals surface area contributed by atoms with E-state index in [1.807, 2.05) is 25.3 Å². The monoisotopic (exact) mass is 218 g/mol. The molecule has 1 heterocycles. The SMILES string of the molecule is CC(N)c1cn(C(C)C)c2c(O)cccc12. The molecule has 1 aromatic carbocycles. The fourth-order valence-electron chi connectivity index (χ4n) is 2.09. The number of benzene rings is 1. The van der Waals surface area contributed by atoms with E-state index in [-0.39, 0.29) is 6.04 Å². The standard InChI is InChI=1S/C13H18N2O/c1-8(2)15-7-11(9(3)14)10-5-4-6-12(16)13(10)15/h4-9,16H,14H2,1-3H3. The molecule has 0 spiro atoms. The van der Waals surface area contributed by atoms with Crippen molar-refractivity contribution in [3.8, 4) is 5.75 Å². The highest BCUT2D eigenvalue weighted by molar-refractivity contribution is 5.89. The lowest BCUT2D eigenvalue weighted by atomic mass is 10.1. The molecule has 0 fully saturated rings. The van der Waals surface area contributed by atoms with Gasteiger partial charge in [-0.25, -0.2) is 0 Å². The molecule has 3 heteroatoms. The number of phenols is 1. The second-order valence-electron chi connectivity index (χ2n) is 4.55. The summed E-state index contributed by atoms with van der Waals surface area (Å²) in [4.78, 5) is 0. The van der Waals surface area contributed by atoms with Crippen molar-refractivity contribution in [1.29, 1.82) is 0 Å². The van der Waals surface area contributed by atoms with Crippen molar-refractivity contribution in [1.82, 2.24) is 4.57 Å². The predicted octanol–water partition coefficient (Wildman–Crippen LogP) is 2.95. The van der Waals surface area contributed by atoms with Gasteiger partial charge in [-0.3, -0.25) is 0 Å². The highest BCUT2D eigenvalue weighted by atomic mass is 16.3. The lowest BCUT2D eigenvalue weighted by Crippen LogP contribution is -2.04. The molecule has 2 rings (SSSR count). The van der Waals surface area contributed by atoms with Crippen molar-refractivity contribution < 1.29 is 5.11 Å². The van der Waals surface area contributed by atoms with E-state index in [4.69, 9.17) is 5.73 Å². The Morgan fingerprint density at radius 1 is 1.25 bits per heavy atom. The Bertz CT molecular complexity index is 512. The highest BCUT2D eigenvalue weighted by Crippen LogP contribution is 2.33. The van der Waals surface area contributed by atoms with Gasteiger partial charge >= 0.3 is 0 Å². The van der Waals surface area contributed by atoms with Crippen molar-refractivity contribution in [2.75, 3.05) is 0 Å². The molecule has 86 valence electrons. The maximum atomic E-state index is 9.93. The summed E-state index contributed by atoms with van der Waals surface area (Å²) in [5.41, 5.74) is 7.91. The van der Waals surface area contributed by atoms with Crippen LogP contribution in [0.4, 0.5) is 0 Å². The number of aromatic nitrogens is 1. The molecule has 0 radical (unpaired) electrons. The summed E-state index contributed by atoms with van der Waals surface area (Å²) in [5, 5.41) is 11.0. The van der Waals surface area contributed by atoms with Crippen molar-refractivity contribution in [3.63, 3.8) is 0 Å². The molecule has 0 saturated heterocycles. The van der Waals surface area contributed by atoms with Crippen molar-refractivity contribution in [2.24, 2.45) is 5.73 Å². The minimum Gasteiger partial charge on any atom is -0.506 e. The highest BCUT2D eigenvalue weighted by Gasteiger charge is 2.15. The first-order valence-corrected chi connectivity index (χ1v) is 5.60. The Morgan fingerprint density at radius 3 is 2.50 bits per heavy atom. The zero-order chi connectivity index (χ0) is 11.9. The molecule has 3 N–H and O–H groups in total. The first-order chi connectivity index (χ1) is 7.52. The van der Waals surface area contributed by atoms with E-state index in [1.54, 1.807) is 6.07 Å². The minimum atomic E-state index is -0.0238. The second kappa shape index (κ2) is 3.83. The van der Waals surface area contributed by atoms with Gasteiger partial charge in [-0.1, -0.05) is 12.1 Å². The molecule has 2 aromatic rings. The van der Waals surface area contributed by atoms with Gasteiger partial charge in [0, 0.05) is 23.7 Å². The van der Waals surface area contributed by atoms with Gasteiger partial charge in [-0.15, -0.1) is 0 Å². The van der Waals surface area contributed by atoms with Crippen molar-refractivity contribution >= 4 is 10.9 Å². The molecule has 0 aliphatic carbocycles. The van der Waals surface area contributed by atoms with Gasteiger partial charge in [-0.05, 0) is 32.4 Å². The number of hydrogen-bond donors (Lipinski definition) is 2. The van der Waals surface area contributed by atoms with Crippen LogP contribution in [0.2, 0.25) is 0 Å². The Hall–Kier alpha value is -1.48. The molecule has 0 aliphatic heterocycles. The van der Waals surface area contributed by atoms with E-state index < -0.39 is 0 Å². The van der Waals surface area contributed by atoms with Crippen LogP contribution in [-0.4, -0.2) is 9.67 Å². The Balaban J connectivity index is 2.82. The smallest absolute Gasteiger partial charge is 0.139 e. The third-order valence-electron chi connectivity index (χ3n) is 2.91. The van der Waals surface area contributed by atoms with E-state index >= 15 is 0 Å². The minimum absolute atomic E-state index is 0.0238. The van der Waals surface area contributed by atoms with Gasteiger partial charge in [0.25, 0.3) is 0 Å². The third-order valence-corrected chi connectivity index (χ3v) is 2.91. The Morgan fingerprint density at radius 2 is 1.94 bits per heavy atom. The Kier molecular flexibility index (Phi) is 2.64. The molecule has 0 amide bonds. The molecule has 0 aliphatic rings. The number of rotatable bonds is 2.